The molecule has 3 rings (SSSR count). The van der Waals surface area contributed by atoms with Crippen molar-refractivity contribution in [1.82, 2.24) is 4.98 Å². The van der Waals surface area contributed by atoms with Crippen LogP contribution in [0.4, 0.5) is 13.9 Å². The number of nitrogens with zero attached hydrogens (tertiary/aromatic N) is 1. The fourth-order valence-corrected chi connectivity index (χ4v) is 3.42. The van der Waals surface area contributed by atoms with Crippen LogP contribution in [-0.4, -0.2) is 16.9 Å². The normalized spacial score (nSPS) is 16.6. The zero-order chi connectivity index (χ0) is 15.0. The molecule has 0 saturated heterocycles. The fraction of sp³-hybridized carbons (Fsp3) is 0.286. The van der Waals surface area contributed by atoms with E-state index in [1.807, 2.05) is 0 Å². The molecule has 118 valence electrons. The number of nitrogens with one attached hydrogen (secondary N) is 1. The first kappa shape index (κ1) is 16.8. The first-order valence-electron chi connectivity index (χ1n) is 6.54. The number of carbonyl (C=O) groups excluding carboxylic acids is 1. The first-order chi connectivity index (χ1) is 10.0. The lowest BCUT2D eigenvalue weighted by Gasteiger charge is -2.15. The number of hydrogen-bond donors (Lipinski definition) is 2. The summed E-state index contributed by atoms with van der Waals surface area (Å²) in [5, 5.41) is 2.81. The Hall–Kier alpha value is -1.57. The molecule has 0 saturated carbocycles. The summed E-state index contributed by atoms with van der Waals surface area (Å²) < 4.78 is 27.1. The number of amides is 1. The standard InChI is InChI=1S/C14H13F2N3OS.ClH/c15-8-2-1-3-9(16)12(8)13(20)19-14-18-10-5-4-7(17)6-11(10)21-14;/h1-3,7H,4-6,17H2,(H,18,19,20);1H/t7-;/m0./s1. The summed E-state index contributed by atoms with van der Waals surface area (Å²) in [6, 6.07) is 3.41. The van der Waals surface area contributed by atoms with Crippen molar-refractivity contribution in [1.29, 1.82) is 0 Å². The highest BCUT2D eigenvalue weighted by atomic mass is 35.5. The largest absolute Gasteiger partial charge is 0.327 e. The van der Waals surface area contributed by atoms with Crippen LogP contribution in [0.3, 0.4) is 0 Å². The number of benzene rings is 1. The molecule has 2 aromatic rings. The highest BCUT2D eigenvalue weighted by Gasteiger charge is 2.22. The molecule has 0 spiro atoms. The van der Waals surface area contributed by atoms with Gasteiger partial charge in [-0.1, -0.05) is 6.07 Å². The molecule has 0 bridgehead atoms. The molecule has 1 heterocycles. The predicted octanol–water partition coefficient (Wildman–Crippen LogP) is 2.91. The molecule has 22 heavy (non-hydrogen) atoms. The lowest BCUT2D eigenvalue weighted by molar-refractivity contribution is 0.101. The minimum Gasteiger partial charge on any atom is -0.327 e. The van der Waals surface area contributed by atoms with E-state index in [1.165, 1.54) is 17.4 Å². The van der Waals surface area contributed by atoms with Crippen molar-refractivity contribution < 1.29 is 13.6 Å². The van der Waals surface area contributed by atoms with Gasteiger partial charge < -0.3 is 5.73 Å². The summed E-state index contributed by atoms with van der Waals surface area (Å²) in [7, 11) is 0. The molecule has 8 heteroatoms. The number of halogens is 3. The summed E-state index contributed by atoms with van der Waals surface area (Å²) in [5.74, 6) is -2.62. The third kappa shape index (κ3) is 3.26. The van der Waals surface area contributed by atoms with Gasteiger partial charge in [-0.15, -0.1) is 23.7 Å². The average Bonchev–Trinajstić information content (AvgIpc) is 2.79. The summed E-state index contributed by atoms with van der Waals surface area (Å²) in [5.41, 5.74) is 6.20. The lowest BCUT2D eigenvalue weighted by atomic mass is 9.99. The van der Waals surface area contributed by atoms with Gasteiger partial charge >= 0.3 is 0 Å². The van der Waals surface area contributed by atoms with Crippen LogP contribution in [0.15, 0.2) is 18.2 Å². The second kappa shape index (κ2) is 6.68. The van der Waals surface area contributed by atoms with Gasteiger partial charge in [-0.3, -0.25) is 10.1 Å². The van der Waals surface area contributed by atoms with Crippen molar-refractivity contribution in [2.75, 3.05) is 5.32 Å². The molecule has 1 aromatic heterocycles. The average molecular weight is 346 g/mol. The third-order valence-electron chi connectivity index (χ3n) is 3.39. The van der Waals surface area contributed by atoms with Crippen molar-refractivity contribution in [3.63, 3.8) is 0 Å². The molecule has 0 radical (unpaired) electrons. The molecule has 1 aliphatic carbocycles. The first-order valence-corrected chi connectivity index (χ1v) is 7.36. The van der Waals surface area contributed by atoms with Gasteiger partial charge in [-0.25, -0.2) is 13.8 Å². The third-order valence-corrected chi connectivity index (χ3v) is 4.42. The maximum absolute atomic E-state index is 13.5. The minimum atomic E-state index is -0.893. The molecule has 0 unspecified atom stereocenters. The number of anilines is 1. The number of fused-ring (bicyclic) bond motifs is 1. The van der Waals surface area contributed by atoms with Gasteiger partial charge in [-0.2, -0.15) is 0 Å². The zero-order valence-corrected chi connectivity index (χ0v) is 13.1. The Labute approximate surface area is 136 Å². The number of hydrogen-bond acceptors (Lipinski definition) is 4. The highest BCUT2D eigenvalue weighted by Crippen LogP contribution is 2.29. The molecule has 0 aliphatic heterocycles. The number of carbonyl (C=O) groups is 1. The quantitative estimate of drug-likeness (QED) is 0.879. The van der Waals surface area contributed by atoms with E-state index in [1.54, 1.807) is 0 Å². The number of rotatable bonds is 2. The number of aromatic nitrogens is 1. The van der Waals surface area contributed by atoms with Crippen LogP contribution in [0.25, 0.3) is 0 Å². The summed E-state index contributed by atoms with van der Waals surface area (Å²) in [6.07, 6.45) is 2.33. The van der Waals surface area contributed by atoms with Crippen molar-refractivity contribution in [2.24, 2.45) is 5.73 Å². The van der Waals surface area contributed by atoms with E-state index >= 15 is 0 Å². The van der Waals surface area contributed by atoms with Crippen LogP contribution < -0.4 is 11.1 Å². The van der Waals surface area contributed by atoms with Gasteiger partial charge in [0.15, 0.2) is 5.13 Å². The monoisotopic (exact) mass is 345 g/mol. The maximum atomic E-state index is 13.5. The summed E-state index contributed by atoms with van der Waals surface area (Å²) in [4.78, 5) is 17.3. The number of nitrogens with two attached hydrogens (primary N) is 1. The van der Waals surface area contributed by atoms with Crippen molar-refractivity contribution in [2.45, 2.75) is 25.3 Å². The Morgan fingerprint density at radius 1 is 1.36 bits per heavy atom. The van der Waals surface area contributed by atoms with E-state index in [0.717, 1.165) is 42.0 Å². The predicted molar refractivity (Wildman–Crippen MR) is 83.7 cm³/mol. The van der Waals surface area contributed by atoms with Crippen LogP contribution >= 0.6 is 23.7 Å². The fourth-order valence-electron chi connectivity index (χ4n) is 2.33. The van der Waals surface area contributed by atoms with E-state index in [0.29, 0.717) is 5.13 Å². The van der Waals surface area contributed by atoms with Gasteiger partial charge in [0.25, 0.3) is 5.91 Å². The molecule has 1 aromatic carbocycles. The summed E-state index contributed by atoms with van der Waals surface area (Å²) >= 11 is 1.31. The van der Waals surface area contributed by atoms with Crippen LogP contribution in [0, 0.1) is 11.6 Å². The number of thiazole rings is 1. The van der Waals surface area contributed by atoms with Crippen LogP contribution in [-0.2, 0) is 12.8 Å². The highest BCUT2D eigenvalue weighted by molar-refractivity contribution is 7.15. The van der Waals surface area contributed by atoms with Gasteiger partial charge in [0.2, 0.25) is 0 Å². The molecule has 3 N–H and O–H groups in total. The topological polar surface area (TPSA) is 68.0 Å². The van der Waals surface area contributed by atoms with E-state index < -0.39 is 23.1 Å². The van der Waals surface area contributed by atoms with Crippen LogP contribution in [0.2, 0.25) is 0 Å². The smallest absolute Gasteiger partial charge is 0.263 e. The Morgan fingerprint density at radius 2 is 2.05 bits per heavy atom. The maximum Gasteiger partial charge on any atom is 0.263 e. The zero-order valence-electron chi connectivity index (χ0n) is 11.4. The second-order valence-electron chi connectivity index (χ2n) is 4.94. The second-order valence-corrected chi connectivity index (χ2v) is 6.03. The van der Waals surface area contributed by atoms with E-state index in [2.05, 4.69) is 10.3 Å². The van der Waals surface area contributed by atoms with Gasteiger partial charge in [-0.05, 0) is 31.4 Å². The Kier molecular flexibility index (Phi) is 5.10. The van der Waals surface area contributed by atoms with Crippen molar-refractivity contribution in [3.8, 4) is 0 Å². The molecule has 0 fully saturated rings. The van der Waals surface area contributed by atoms with Gasteiger partial charge in [0, 0.05) is 10.9 Å². The molecular formula is C14H14ClF2N3OS. The van der Waals surface area contributed by atoms with Crippen molar-refractivity contribution >= 4 is 34.8 Å². The Morgan fingerprint density at radius 3 is 2.73 bits per heavy atom. The van der Waals surface area contributed by atoms with E-state index in [4.69, 9.17) is 5.73 Å². The van der Waals surface area contributed by atoms with E-state index in [9.17, 15) is 13.6 Å². The van der Waals surface area contributed by atoms with Crippen LogP contribution in [0.1, 0.15) is 27.3 Å². The summed E-state index contributed by atoms with van der Waals surface area (Å²) in [6.45, 7) is 0. The van der Waals surface area contributed by atoms with Crippen molar-refractivity contribution in [3.05, 3.63) is 46.0 Å². The van der Waals surface area contributed by atoms with Gasteiger partial charge in [0.05, 0.1) is 5.69 Å². The van der Waals surface area contributed by atoms with E-state index in [-0.39, 0.29) is 18.4 Å². The molecule has 4 nitrogen and oxygen atoms in total. The Balaban J connectivity index is 0.00000176. The molecule has 1 aliphatic rings. The molecular weight excluding hydrogens is 332 g/mol. The minimum absolute atomic E-state index is 0. The van der Waals surface area contributed by atoms with Crippen LogP contribution in [0.5, 0.6) is 0 Å². The molecule has 1 atom stereocenters. The van der Waals surface area contributed by atoms with Gasteiger partial charge in [0.1, 0.15) is 17.2 Å². The molecule has 1 amide bonds. The Bertz CT molecular complexity index is 687. The number of aryl methyl sites for hydroxylation is 1. The lowest BCUT2D eigenvalue weighted by Crippen LogP contribution is -2.27. The SMILES string of the molecule is Cl.N[C@H]1CCc2nc(NC(=O)c3c(F)cccc3F)sc2C1.